The molecule has 0 bridgehead atoms. The molecule has 1 saturated heterocycles. The number of rotatable bonds is 3. The molecule has 2 aromatic rings. The van der Waals surface area contributed by atoms with Gasteiger partial charge >= 0.3 is 16.3 Å². The zero-order valence-electron chi connectivity index (χ0n) is 15.5. The number of fused-ring (bicyclic) bond motifs is 2. The molecule has 28 heavy (non-hydrogen) atoms. The van der Waals surface area contributed by atoms with Crippen LogP contribution >= 0.6 is 0 Å². The Balaban J connectivity index is 1.73. The number of hydrogen-bond donors (Lipinski definition) is 2. The second-order valence-corrected chi connectivity index (χ2v) is 9.22. The van der Waals surface area contributed by atoms with E-state index in [0.29, 0.717) is 19.5 Å². The maximum atomic E-state index is 12.4. The lowest BCUT2D eigenvalue weighted by Gasteiger charge is -2.37. The third-order valence-electron chi connectivity index (χ3n) is 5.89. The summed E-state index contributed by atoms with van der Waals surface area (Å²) < 4.78 is 27.8. The highest BCUT2D eigenvalue weighted by Gasteiger charge is 2.37. The van der Waals surface area contributed by atoms with Gasteiger partial charge in [-0.15, -0.1) is 0 Å². The molecule has 0 saturated carbocycles. The minimum absolute atomic E-state index is 0.0968. The van der Waals surface area contributed by atoms with Gasteiger partial charge in [-0.05, 0) is 53.9 Å². The molecule has 2 aliphatic rings. The van der Waals surface area contributed by atoms with Crippen LogP contribution in [0.5, 0.6) is 0 Å². The second-order valence-electron chi connectivity index (χ2n) is 7.55. The molecule has 1 amide bonds. The van der Waals surface area contributed by atoms with Gasteiger partial charge in [0.15, 0.2) is 0 Å². The molecular weight excluding hydrogens is 376 g/mol. The topological polar surface area (TPSA) is 86.7 Å². The van der Waals surface area contributed by atoms with Crippen molar-refractivity contribution in [1.29, 1.82) is 0 Å². The lowest BCUT2D eigenvalue weighted by Crippen LogP contribution is -2.48. The maximum Gasteiger partial charge on any atom is 0.419 e. The lowest BCUT2D eigenvalue weighted by atomic mass is 9.76. The van der Waals surface area contributed by atoms with Gasteiger partial charge in [-0.3, -0.25) is 0 Å². The Kier molecular flexibility index (Phi) is 5.12. The van der Waals surface area contributed by atoms with E-state index in [1.54, 1.807) is 4.72 Å². The van der Waals surface area contributed by atoms with E-state index < -0.39 is 16.3 Å². The summed E-state index contributed by atoms with van der Waals surface area (Å²) in [6, 6.07) is 16.8. The number of hydrogen-bond acceptors (Lipinski definition) is 3. The van der Waals surface area contributed by atoms with Crippen molar-refractivity contribution in [3.63, 3.8) is 0 Å². The van der Waals surface area contributed by atoms with Gasteiger partial charge in [0.05, 0.1) is 0 Å². The smallest absolute Gasteiger partial charge is 0.419 e. The SMILES string of the molecule is O=C(O)NS(=O)(=O)N1CCCC(C2c3ccccc3CCc3ccccc32)C1. The summed E-state index contributed by atoms with van der Waals surface area (Å²) in [5, 5.41) is 8.87. The quantitative estimate of drug-likeness (QED) is 0.829. The Hall–Kier alpha value is -2.38. The standard InChI is InChI=1S/C21H24N2O4S/c24-21(25)22-28(26,27)23-13-5-8-17(14-23)20-18-9-3-1-6-15(18)11-12-16-7-2-4-10-19(16)20/h1-4,6-7,9-10,17,20,22H,5,8,11-14H2,(H,24,25). The van der Waals surface area contributed by atoms with Gasteiger partial charge in [-0.2, -0.15) is 12.7 Å². The van der Waals surface area contributed by atoms with Crippen LogP contribution in [0, 0.1) is 5.92 Å². The highest BCUT2D eigenvalue weighted by Crippen LogP contribution is 2.42. The molecule has 4 rings (SSSR count). The van der Waals surface area contributed by atoms with E-state index in [1.807, 2.05) is 12.1 Å². The summed E-state index contributed by atoms with van der Waals surface area (Å²) in [6.45, 7) is 0.658. The Morgan fingerprint density at radius 1 is 1.00 bits per heavy atom. The van der Waals surface area contributed by atoms with Crippen LogP contribution in [0.2, 0.25) is 0 Å². The van der Waals surface area contributed by atoms with Crippen LogP contribution in [0.3, 0.4) is 0 Å². The van der Waals surface area contributed by atoms with Crippen molar-refractivity contribution in [3.8, 4) is 0 Å². The largest absolute Gasteiger partial charge is 0.464 e. The molecule has 1 unspecified atom stereocenters. The Morgan fingerprint density at radius 3 is 2.14 bits per heavy atom. The third-order valence-corrected chi connectivity index (χ3v) is 7.34. The number of aryl methyl sites for hydroxylation is 2. The molecule has 1 aliphatic carbocycles. The Morgan fingerprint density at radius 2 is 1.57 bits per heavy atom. The normalized spacial score (nSPS) is 20.6. The summed E-state index contributed by atoms with van der Waals surface area (Å²) in [6.07, 6.45) is 2.02. The van der Waals surface area contributed by atoms with Crippen molar-refractivity contribution in [2.45, 2.75) is 31.6 Å². The number of nitrogens with zero attached hydrogens (tertiary/aromatic N) is 1. The average molecular weight is 401 g/mol. The van der Waals surface area contributed by atoms with Gasteiger partial charge in [-0.25, -0.2) is 9.52 Å². The molecule has 1 fully saturated rings. The van der Waals surface area contributed by atoms with Gasteiger partial charge in [-0.1, -0.05) is 48.5 Å². The fraction of sp³-hybridized carbons (Fsp3) is 0.381. The minimum atomic E-state index is -4.03. The van der Waals surface area contributed by atoms with Crippen LogP contribution < -0.4 is 4.72 Å². The molecule has 148 valence electrons. The molecule has 6 nitrogen and oxygen atoms in total. The molecule has 1 atom stereocenters. The molecule has 0 radical (unpaired) electrons. The molecule has 2 aromatic carbocycles. The van der Waals surface area contributed by atoms with Crippen LogP contribution in [0.1, 0.15) is 41.0 Å². The molecule has 1 aliphatic heterocycles. The van der Waals surface area contributed by atoms with Gasteiger partial charge < -0.3 is 5.11 Å². The minimum Gasteiger partial charge on any atom is -0.464 e. The van der Waals surface area contributed by atoms with Crippen LogP contribution in [0.25, 0.3) is 0 Å². The van der Waals surface area contributed by atoms with E-state index in [2.05, 4.69) is 36.4 Å². The van der Waals surface area contributed by atoms with Gasteiger partial charge in [0.25, 0.3) is 0 Å². The monoisotopic (exact) mass is 400 g/mol. The van der Waals surface area contributed by atoms with E-state index in [1.165, 1.54) is 26.6 Å². The number of nitrogens with one attached hydrogen (secondary N) is 1. The van der Waals surface area contributed by atoms with Crippen LogP contribution in [-0.2, 0) is 23.1 Å². The lowest BCUT2D eigenvalue weighted by molar-refractivity contribution is 0.198. The molecular formula is C21H24N2O4S. The van der Waals surface area contributed by atoms with Crippen molar-refractivity contribution in [2.75, 3.05) is 13.1 Å². The van der Waals surface area contributed by atoms with E-state index >= 15 is 0 Å². The first-order chi connectivity index (χ1) is 13.5. The van der Waals surface area contributed by atoms with E-state index in [-0.39, 0.29) is 11.8 Å². The van der Waals surface area contributed by atoms with E-state index in [4.69, 9.17) is 5.11 Å². The van der Waals surface area contributed by atoms with Crippen molar-refractivity contribution in [3.05, 3.63) is 70.8 Å². The predicted molar refractivity (Wildman–Crippen MR) is 107 cm³/mol. The fourth-order valence-corrected chi connectivity index (χ4v) is 5.82. The van der Waals surface area contributed by atoms with E-state index in [0.717, 1.165) is 19.3 Å². The first kappa shape index (κ1) is 19.0. The maximum absolute atomic E-state index is 12.4. The summed E-state index contributed by atoms with van der Waals surface area (Å²) >= 11 is 0. The molecule has 0 aromatic heterocycles. The van der Waals surface area contributed by atoms with Crippen molar-refractivity contribution in [2.24, 2.45) is 5.92 Å². The second kappa shape index (κ2) is 7.56. The molecule has 1 heterocycles. The van der Waals surface area contributed by atoms with Crippen molar-refractivity contribution < 1.29 is 18.3 Å². The number of carbonyl (C=O) groups is 1. The van der Waals surface area contributed by atoms with Crippen molar-refractivity contribution in [1.82, 2.24) is 9.03 Å². The number of carboxylic acid groups (broad SMARTS) is 1. The summed E-state index contributed by atoms with van der Waals surface area (Å²) in [7, 11) is -4.03. The van der Waals surface area contributed by atoms with Gasteiger partial charge in [0, 0.05) is 19.0 Å². The zero-order chi connectivity index (χ0) is 19.7. The first-order valence-electron chi connectivity index (χ1n) is 9.62. The Labute approximate surface area is 165 Å². The fourth-order valence-electron chi connectivity index (χ4n) is 4.71. The van der Waals surface area contributed by atoms with Crippen LogP contribution in [0.4, 0.5) is 4.79 Å². The number of benzene rings is 2. The van der Waals surface area contributed by atoms with Crippen LogP contribution in [-0.4, -0.2) is 37.0 Å². The predicted octanol–water partition coefficient (Wildman–Crippen LogP) is 3.14. The highest BCUT2D eigenvalue weighted by atomic mass is 32.2. The highest BCUT2D eigenvalue weighted by molar-refractivity contribution is 7.87. The molecule has 0 spiro atoms. The van der Waals surface area contributed by atoms with Gasteiger partial charge in [0.1, 0.15) is 0 Å². The third kappa shape index (κ3) is 3.64. The number of amides is 1. The van der Waals surface area contributed by atoms with Gasteiger partial charge in [0.2, 0.25) is 0 Å². The van der Waals surface area contributed by atoms with Crippen LogP contribution in [0.15, 0.2) is 48.5 Å². The summed E-state index contributed by atoms with van der Waals surface area (Å²) in [5.74, 6) is 0.206. The van der Waals surface area contributed by atoms with Crippen molar-refractivity contribution >= 4 is 16.3 Å². The molecule has 7 heteroatoms. The Bertz CT molecular complexity index is 942. The number of piperidine rings is 1. The summed E-state index contributed by atoms with van der Waals surface area (Å²) in [5.41, 5.74) is 5.16. The average Bonchev–Trinajstić information content (AvgIpc) is 2.84. The molecule has 2 N–H and O–H groups in total. The summed E-state index contributed by atoms with van der Waals surface area (Å²) in [4.78, 5) is 10.9. The zero-order valence-corrected chi connectivity index (χ0v) is 16.4. The van der Waals surface area contributed by atoms with E-state index in [9.17, 15) is 13.2 Å². The first-order valence-corrected chi connectivity index (χ1v) is 11.1.